The zero-order chi connectivity index (χ0) is 14.0. The summed E-state index contributed by atoms with van der Waals surface area (Å²) >= 11 is 6.10. The molecule has 0 radical (unpaired) electrons. The van der Waals surface area contributed by atoms with Gasteiger partial charge in [-0.15, -0.1) is 0 Å². The summed E-state index contributed by atoms with van der Waals surface area (Å²) < 4.78 is 5.71. The average Bonchev–Trinajstić information content (AvgIpc) is 3.08. The Morgan fingerprint density at radius 2 is 1.75 bits per heavy atom. The Morgan fingerprint density at radius 1 is 1.15 bits per heavy atom. The highest BCUT2D eigenvalue weighted by molar-refractivity contribution is 6.32. The first-order chi connectivity index (χ1) is 9.58. The molecule has 0 aromatic heterocycles. The Hall–Kier alpha value is -1.39. The van der Waals surface area contributed by atoms with Crippen molar-refractivity contribution in [2.45, 2.75) is 32.0 Å². The van der Waals surface area contributed by atoms with Crippen LogP contribution in [0.4, 0.5) is 5.69 Å². The van der Waals surface area contributed by atoms with E-state index in [1.54, 1.807) is 12.1 Å². The first kappa shape index (κ1) is 12.4. The van der Waals surface area contributed by atoms with Crippen LogP contribution < -0.4 is 4.90 Å². The minimum Gasteiger partial charge on any atom is -0.373 e. The van der Waals surface area contributed by atoms with Gasteiger partial charge in [0.1, 0.15) is 0 Å². The lowest BCUT2D eigenvalue weighted by Crippen LogP contribution is -2.34. The lowest BCUT2D eigenvalue weighted by Gasteiger charge is -2.18. The molecule has 0 unspecified atom stereocenters. The number of nitrogens with zero attached hydrogens (tertiary/aromatic N) is 1. The molecule has 3 heterocycles. The molecule has 3 saturated heterocycles. The van der Waals surface area contributed by atoms with E-state index in [1.807, 2.05) is 13.0 Å². The number of amides is 2. The van der Waals surface area contributed by atoms with Crippen molar-refractivity contribution in [2.24, 2.45) is 11.8 Å². The molecule has 4 rings (SSSR count). The quantitative estimate of drug-likeness (QED) is 0.746. The summed E-state index contributed by atoms with van der Waals surface area (Å²) in [5, 5.41) is 0.569. The first-order valence-corrected chi connectivity index (χ1v) is 7.25. The zero-order valence-electron chi connectivity index (χ0n) is 11.0. The van der Waals surface area contributed by atoms with Gasteiger partial charge in [-0.25, -0.2) is 4.90 Å². The predicted molar refractivity (Wildman–Crippen MR) is 73.6 cm³/mol. The van der Waals surface area contributed by atoms with Gasteiger partial charge in [-0.05, 0) is 37.5 Å². The number of imide groups is 1. The number of fused-ring (bicyclic) bond motifs is 5. The molecule has 3 aliphatic rings. The zero-order valence-corrected chi connectivity index (χ0v) is 11.8. The highest BCUT2D eigenvalue weighted by atomic mass is 35.5. The van der Waals surface area contributed by atoms with Crippen LogP contribution in [0.1, 0.15) is 18.4 Å². The summed E-state index contributed by atoms with van der Waals surface area (Å²) in [5.74, 6) is -0.845. The summed E-state index contributed by atoms with van der Waals surface area (Å²) in [4.78, 5) is 26.4. The molecule has 3 aliphatic heterocycles. The molecule has 4 nitrogen and oxygen atoms in total. The van der Waals surface area contributed by atoms with Crippen LogP contribution in [0.15, 0.2) is 18.2 Å². The third-order valence-corrected chi connectivity index (χ3v) is 5.11. The van der Waals surface area contributed by atoms with Gasteiger partial charge in [-0.1, -0.05) is 17.7 Å². The fourth-order valence-electron chi connectivity index (χ4n) is 3.69. The SMILES string of the molecule is Cc1ccc(N2C(=O)[C@@H]3[C@H](C2=O)[C@H]2CC[C@@H]3O2)cc1Cl. The van der Waals surface area contributed by atoms with E-state index in [0.717, 1.165) is 18.4 Å². The van der Waals surface area contributed by atoms with E-state index in [0.29, 0.717) is 10.7 Å². The monoisotopic (exact) mass is 291 g/mol. The van der Waals surface area contributed by atoms with Gasteiger partial charge >= 0.3 is 0 Å². The average molecular weight is 292 g/mol. The van der Waals surface area contributed by atoms with Crippen molar-refractivity contribution < 1.29 is 14.3 Å². The van der Waals surface area contributed by atoms with E-state index in [-0.39, 0.29) is 35.9 Å². The number of carbonyl (C=O) groups is 2. The summed E-state index contributed by atoms with van der Waals surface area (Å²) in [6.45, 7) is 1.89. The Labute approximate surface area is 121 Å². The minimum absolute atomic E-state index is 0.0765. The number of hydrogen-bond donors (Lipinski definition) is 0. The molecule has 0 aliphatic carbocycles. The minimum atomic E-state index is -0.290. The largest absolute Gasteiger partial charge is 0.373 e. The molecular formula is C15H14ClNO3. The molecule has 0 saturated carbocycles. The van der Waals surface area contributed by atoms with Crippen LogP contribution in [0.3, 0.4) is 0 Å². The molecule has 2 amide bonds. The van der Waals surface area contributed by atoms with Gasteiger partial charge in [0.25, 0.3) is 0 Å². The van der Waals surface area contributed by atoms with Crippen LogP contribution in [0.2, 0.25) is 5.02 Å². The van der Waals surface area contributed by atoms with E-state index in [9.17, 15) is 9.59 Å². The van der Waals surface area contributed by atoms with Crippen molar-refractivity contribution in [3.63, 3.8) is 0 Å². The molecule has 20 heavy (non-hydrogen) atoms. The fraction of sp³-hybridized carbons (Fsp3) is 0.467. The number of anilines is 1. The van der Waals surface area contributed by atoms with Crippen molar-refractivity contribution in [3.8, 4) is 0 Å². The van der Waals surface area contributed by atoms with Gasteiger partial charge in [0.15, 0.2) is 0 Å². The predicted octanol–water partition coefficient (Wildman–Crippen LogP) is 2.32. The Balaban J connectivity index is 1.74. The van der Waals surface area contributed by atoms with Gasteiger partial charge in [-0.3, -0.25) is 9.59 Å². The van der Waals surface area contributed by atoms with Gasteiger partial charge in [0.05, 0.1) is 29.7 Å². The highest BCUT2D eigenvalue weighted by Crippen LogP contribution is 2.49. The maximum atomic E-state index is 12.6. The first-order valence-electron chi connectivity index (χ1n) is 6.87. The smallest absolute Gasteiger partial charge is 0.240 e. The van der Waals surface area contributed by atoms with E-state index in [4.69, 9.17) is 16.3 Å². The summed E-state index contributed by atoms with van der Waals surface area (Å²) in [7, 11) is 0. The second-order valence-electron chi connectivity index (χ2n) is 5.79. The number of carbonyl (C=O) groups excluding carboxylic acids is 2. The molecule has 3 fully saturated rings. The van der Waals surface area contributed by atoms with E-state index < -0.39 is 0 Å². The topological polar surface area (TPSA) is 46.6 Å². The molecule has 5 heteroatoms. The van der Waals surface area contributed by atoms with Crippen LogP contribution >= 0.6 is 11.6 Å². The number of halogens is 1. The molecule has 4 atom stereocenters. The van der Waals surface area contributed by atoms with E-state index >= 15 is 0 Å². The maximum absolute atomic E-state index is 12.6. The Morgan fingerprint density at radius 3 is 2.30 bits per heavy atom. The van der Waals surface area contributed by atoms with Gasteiger partial charge in [0, 0.05) is 5.02 Å². The van der Waals surface area contributed by atoms with Crippen LogP contribution in [-0.2, 0) is 14.3 Å². The molecule has 0 N–H and O–H groups in total. The third kappa shape index (κ3) is 1.46. The highest BCUT2D eigenvalue weighted by Gasteiger charge is 2.62. The van der Waals surface area contributed by atoms with Crippen LogP contribution in [0, 0.1) is 18.8 Å². The van der Waals surface area contributed by atoms with Crippen LogP contribution in [0.25, 0.3) is 0 Å². The summed E-state index contributed by atoms with van der Waals surface area (Å²) in [6, 6.07) is 5.30. The van der Waals surface area contributed by atoms with Crippen molar-refractivity contribution in [2.75, 3.05) is 4.90 Å². The fourth-order valence-corrected chi connectivity index (χ4v) is 3.86. The second-order valence-corrected chi connectivity index (χ2v) is 6.19. The lowest BCUT2D eigenvalue weighted by atomic mass is 9.81. The summed E-state index contributed by atoms with van der Waals surface area (Å²) in [5.41, 5.74) is 1.50. The van der Waals surface area contributed by atoms with E-state index in [1.165, 1.54) is 4.90 Å². The lowest BCUT2D eigenvalue weighted by molar-refractivity contribution is -0.124. The molecule has 1 aromatic rings. The van der Waals surface area contributed by atoms with Gasteiger partial charge < -0.3 is 4.74 Å². The Kier molecular flexibility index (Phi) is 2.51. The molecule has 1 aromatic carbocycles. The molecule has 0 spiro atoms. The van der Waals surface area contributed by atoms with Gasteiger partial charge in [0.2, 0.25) is 11.8 Å². The number of benzene rings is 1. The maximum Gasteiger partial charge on any atom is 0.240 e. The van der Waals surface area contributed by atoms with Crippen LogP contribution in [0.5, 0.6) is 0 Å². The number of aryl methyl sites for hydroxylation is 1. The molecule has 104 valence electrons. The van der Waals surface area contributed by atoms with Crippen molar-refractivity contribution >= 4 is 29.1 Å². The third-order valence-electron chi connectivity index (χ3n) is 4.70. The normalized spacial score (nSPS) is 35.0. The Bertz CT molecular complexity index is 602. The number of ether oxygens (including phenoxy) is 1. The van der Waals surface area contributed by atoms with Crippen molar-refractivity contribution in [1.82, 2.24) is 0 Å². The number of rotatable bonds is 1. The molecular weight excluding hydrogens is 278 g/mol. The second kappa shape index (κ2) is 4.06. The van der Waals surface area contributed by atoms with Crippen molar-refractivity contribution in [1.29, 1.82) is 0 Å². The van der Waals surface area contributed by atoms with Gasteiger partial charge in [-0.2, -0.15) is 0 Å². The standard InChI is InChI=1S/C15H14ClNO3/c1-7-2-3-8(6-9(7)16)17-14(18)12-10-4-5-11(20-10)13(12)15(17)19/h2-3,6,10-13H,4-5H2,1H3/t10-,11+,12-,13+. The molecule has 2 bridgehead atoms. The number of hydrogen-bond acceptors (Lipinski definition) is 3. The van der Waals surface area contributed by atoms with E-state index in [2.05, 4.69) is 0 Å². The summed E-state index contributed by atoms with van der Waals surface area (Å²) in [6.07, 6.45) is 1.61. The van der Waals surface area contributed by atoms with Crippen molar-refractivity contribution in [3.05, 3.63) is 28.8 Å². The van der Waals surface area contributed by atoms with Crippen LogP contribution in [-0.4, -0.2) is 24.0 Å².